The van der Waals surface area contributed by atoms with Crippen LogP contribution in [0.1, 0.15) is 70.6 Å². The fourth-order valence-electron chi connectivity index (χ4n) is 5.06. The number of nitrogens with one attached hydrogen (secondary N) is 1. The molecule has 0 aromatic rings. The SMILES string of the molecule is NNC(CC1CCCC1)C1(N2CCCC2)CCCC1. The maximum absolute atomic E-state index is 6.01. The van der Waals surface area contributed by atoms with Crippen LogP contribution in [0.3, 0.4) is 0 Å². The van der Waals surface area contributed by atoms with E-state index in [1.807, 2.05) is 0 Å². The van der Waals surface area contributed by atoms with Crippen LogP contribution in [0, 0.1) is 5.92 Å². The summed E-state index contributed by atoms with van der Waals surface area (Å²) in [5.41, 5.74) is 3.64. The molecule has 3 N–H and O–H groups in total. The third-order valence-corrected chi connectivity index (χ3v) is 6.10. The van der Waals surface area contributed by atoms with Crippen molar-refractivity contribution in [2.75, 3.05) is 13.1 Å². The first-order valence-corrected chi connectivity index (χ1v) is 8.56. The smallest absolute Gasteiger partial charge is 0.0397 e. The fourth-order valence-corrected chi connectivity index (χ4v) is 5.06. The molecule has 1 heterocycles. The Morgan fingerprint density at radius 3 is 2.21 bits per heavy atom. The summed E-state index contributed by atoms with van der Waals surface area (Å²) in [6.07, 6.45) is 15.4. The van der Waals surface area contributed by atoms with E-state index < -0.39 is 0 Å². The van der Waals surface area contributed by atoms with Crippen molar-refractivity contribution in [2.24, 2.45) is 11.8 Å². The summed E-state index contributed by atoms with van der Waals surface area (Å²) in [5.74, 6) is 6.94. The van der Waals surface area contributed by atoms with Gasteiger partial charge in [0.1, 0.15) is 0 Å². The predicted molar refractivity (Wildman–Crippen MR) is 79.7 cm³/mol. The zero-order valence-corrected chi connectivity index (χ0v) is 12.4. The average Bonchev–Trinajstić information content (AvgIpc) is 3.15. The molecule has 2 aliphatic carbocycles. The van der Waals surface area contributed by atoms with Crippen molar-refractivity contribution < 1.29 is 0 Å². The Morgan fingerprint density at radius 1 is 1.00 bits per heavy atom. The summed E-state index contributed by atoms with van der Waals surface area (Å²) in [7, 11) is 0. The highest BCUT2D eigenvalue weighted by Crippen LogP contribution is 2.43. The van der Waals surface area contributed by atoms with E-state index in [2.05, 4.69) is 10.3 Å². The van der Waals surface area contributed by atoms with Crippen LogP contribution in [0.4, 0.5) is 0 Å². The van der Waals surface area contributed by atoms with Gasteiger partial charge in [-0.15, -0.1) is 0 Å². The summed E-state index contributed by atoms with van der Waals surface area (Å²) >= 11 is 0. The number of hydrogen-bond donors (Lipinski definition) is 2. The minimum absolute atomic E-state index is 0.397. The molecule has 3 rings (SSSR count). The average molecular weight is 265 g/mol. The van der Waals surface area contributed by atoms with Crippen LogP contribution in [0.2, 0.25) is 0 Å². The molecule has 3 nitrogen and oxygen atoms in total. The third-order valence-electron chi connectivity index (χ3n) is 6.10. The van der Waals surface area contributed by atoms with Crippen molar-refractivity contribution in [1.29, 1.82) is 0 Å². The van der Waals surface area contributed by atoms with Gasteiger partial charge in [-0.2, -0.15) is 0 Å². The van der Waals surface area contributed by atoms with E-state index in [4.69, 9.17) is 5.84 Å². The van der Waals surface area contributed by atoms with Gasteiger partial charge in [0, 0.05) is 11.6 Å². The first kappa shape index (κ1) is 13.8. The number of hydrazine groups is 1. The Balaban J connectivity index is 1.72. The third kappa shape index (κ3) is 2.70. The van der Waals surface area contributed by atoms with Crippen LogP contribution < -0.4 is 11.3 Å². The molecule has 0 amide bonds. The molecule has 3 aliphatic rings. The lowest BCUT2D eigenvalue weighted by Gasteiger charge is -2.45. The Labute approximate surface area is 118 Å². The van der Waals surface area contributed by atoms with Gasteiger partial charge >= 0.3 is 0 Å². The lowest BCUT2D eigenvalue weighted by molar-refractivity contribution is 0.0658. The van der Waals surface area contributed by atoms with Crippen LogP contribution in [0.5, 0.6) is 0 Å². The van der Waals surface area contributed by atoms with Crippen molar-refractivity contribution in [2.45, 2.75) is 82.2 Å². The van der Waals surface area contributed by atoms with Gasteiger partial charge in [-0.05, 0) is 51.1 Å². The molecule has 2 saturated carbocycles. The summed E-state index contributed by atoms with van der Waals surface area (Å²) in [6.45, 7) is 2.62. The van der Waals surface area contributed by atoms with Gasteiger partial charge in [0.25, 0.3) is 0 Å². The highest BCUT2D eigenvalue weighted by atomic mass is 15.3. The second kappa shape index (κ2) is 6.11. The number of nitrogens with zero attached hydrogens (tertiary/aromatic N) is 1. The molecule has 3 heteroatoms. The standard InChI is InChI=1S/C16H31N3/c17-18-15(13-14-7-1-2-8-14)16(9-3-4-10-16)19-11-5-6-12-19/h14-15,18H,1-13,17H2. The van der Waals surface area contributed by atoms with Crippen LogP contribution >= 0.6 is 0 Å². The minimum atomic E-state index is 0.397. The highest BCUT2D eigenvalue weighted by Gasteiger charge is 2.46. The van der Waals surface area contributed by atoms with E-state index in [1.165, 1.54) is 83.7 Å². The number of hydrogen-bond acceptors (Lipinski definition) is 3. The highest BCUT2D eigenvalue weighted by molar-refractivity contribution is 5.04. The zero-order valence-electron chi connectivity index (χ0n) is 12.4. The van der Waals surface area contributed by atoms with Gasteiger partial charge in [0.05, 0.1) is 0 Å². The lowest BCUT2D eigenvalue weighted by atomic mass is 9.81. The quantitative estimate of drug-likeness (QED) is 0.593. The molecule has 0 spiro atoms. The van der Waals surface area contributed by atoms with Gasteiger partial charge in [-0.3, -0.25) is 16.2 Å². The number of likely N-dealkylation sites (tertiary alicyclic amines) is 1. The van der Waals surface area contributed by atoms with E-state index in [0.29, 0.717) is 11.6 Å². The lowest BCUT2D eigenvalue weighted by Crippen LogP contribution is -2.61. The Morgan fingerprint density at radius 2 is 1.63 bits per heavy atom. The Hall–Kier alpha value is -0.120. The maximum atomic E-state index is 6.01. The van der Waals surface area contributed by atoms with Crippen LogP contribution in [0.15, 0.2) is 0 Å². The van der Waals surface area contributed by atoms with E-state index in [0.717, 1.165) is 5.92 Å². The molecule has 0 aromatic carbocycles. The van der Waals surface area contributed by atoms with Crippen LogP contribution in [-0.2, 0) is 0 Å². The molecule has 0 radical (unpaired) electrons. The van der Waals surface area contributed by atoms with Crippen molar-refractivity contribution >= 4 is 0 Å². The molecule has 1 saturated heterocycles. The molecule has 1 unspecified atom stereocenters. The second-order valence-corrected chi connectivity index (χ2v) is 7.11. The van der Waals surface area contributed by atoms with Gasteiger partial charge in [0.15, 0.2) is 0 Å². The Kier molecular flexibility index (Phi) is 4.45. The molecular weight excluding hydrogens is 234 g/mol. The normalized spacial score (nSPS) is 30.2. The fraction of sp³-hybridized carbons (Fsp3) is 1.00. The van der Waals surface area contributed by atoms with Gasteiger partial charge in [-0.1, -0.05) is 38.5 Å². The first-order valence-electron chi connectivity index (χ1n) is 8.56. The molecule has 1 atom stereocenters. The summed E-state index contributed by atoms with van der Waals surface area (Å²) in [5, 5.41) is 0. The maximum Gasteiger partial charge on any atom is 0.0397 e. The molecule has 19 heavy (non-hydrogen) atoms. The largest absolute Gasteiger partial charge is 0.296 e. The van der Waals surface area contributed by atoms with Gasteiger partial charge in [-0.25, -0.2) is 0 Å². The summed E-state index contributed by atoms with van der Waals surface area (Å²) in [4.78, 5) is 2.79. The zero-order chi connectivity index (χ0) is 13.1. The summed E-state index contributed by atoms with van der Waals surface area (Å²) in [6, 6.07) is 0.524. The molecule has 0 bridgehead atoms. The number of rotatable bonds is 5. The van der Waals surface area contributed by atoms with Gasteiger partial charge in [0.2, 0.25) is 0 Å². The number of nitrogens with two attached hydrogens (primary N) is 1. The van der Waals surface area contributed by atoms with E-state index in [1.54, 1.807) is 0 Å². The molecule has 0 aromatic heterocycles. The molecule has 3 fully saturated rings. The molecule has 110 valence electrons. The van der Waals surface area contributed by atoms with E-state index in [9.17, 15) is 0 Å². The van der Waals surface area contributed by atoms with E-state index in [-0.39, 0.29) is 0 Å². The first-order chi connectivity index (χ1) is 9.35. The van der Waals surface area contributed by atoms with Crippen LogP contribution in [-0.4, -0.2) is 29.6 Å². The van der Waals surface area contributed by atoms with Crippen LogP contribution in [0.25, 0.3) is 0 Å². The van der Waals surface area contributed by atoms with Crippen molar-refractivity contribution in [3.05, 3.63) is 0 Å². The second-order valence-electron chi connectivity index (χ2n) is 7.11. The van der Waals surface area contributed by atoms with Crippen molar-refractivity contribution in [3.63, 3.8) is 0 Å². The molecule has 1 aliphatic heterocycles. The van der Waals surface area contributed by atoms with E-state index >= 15 is 0 Å². The Bertz CT molecular complexity index is 274. The monoisotopic (exact) mass is 265 g/mol. The minimum Gasteiger partial charge on any atom is -0.296 e. The van der Waals surface area contributed by atoms with Gasteiger partial charge < -0.3 is 0 Å². The van der Waals surface area contributed by atoms with Crippen molar-refractivity contribution in [1.82, 2.24) is 10.3 Å². The summed E-state index contributed by atoms with van der Waals surface area (Å²) < 4.78 is 0. The van der Waals surface area contributed by atoms with Crippen molar-refractivity contribution in [3.8, 4) is 0 Å². The topological polar surface area (TPSA) is 41.3 Å². The molecular formula is C16H31N3. The predicted octanol–water partition coefficient (Wildman–Crippen LogP) is 2.81.